The minimum atomic E-state index is -1.08. The predicted octanol–water partition coefficient (Wildman–Crippen LogP) is 1.13. The van der Waals surface area contributed by atoms with Crippen LogP contribution in [0.15, 0.2) is 12.1 Å². The van der Waals surface area contributed by atoms with Crippen molar-refractivity contribution in [2.75, 3.05) is 33.9 Å². The first kappa shape index (κ1) is 20.7. The molecule has 2 fully saturated rings. The van der Waals surface area contributed by atoms with E-state index in [0.29, 0.717) is 36.8 Å². The molecule has 9 heteroatoms. The summed E-state index contributed by atoms with van der Waals surface area (Å²) in [5.41, 5.74) is 0.804. The number of nitriles is 1. The number of hydrogen-bond donors (Lipinski definition) is 2. The first-order valence-corrected chi connectivity index (χ1v) is 9.52. The van der Waals surface area contributed by atoms with Crippen LogP contribution in [0.5, 0.6) is 17.2 Å². The summed E-state index contributed by atoms with van der Waals surface area (Å²) in [6, 6.07) is 4.74. The fourth-order valence-electron chi connectivity index (χ4n) is 4.05. The Kier molecular flexibility index (Phi) is 6.44. The Morgan fingerprint density at radius 1 is 1.31 bits per heavy atom. The van der Waals surface area contributed by atoms with Gasteiger partial charge in [0.1, 0.15) is 23.3 Å². The fraction of sp³-hybridized carbons (Fsp3) is 0.550. The number of carbonyl (C=O) groups excluding carboxylic acids is 1. The van der Waals surface area contributed by atoms with E-state index in [-0.39, 0.29) is 23.9 Å². The van der Waals surface area contributed by atoms with Gasteiger partial charge < -0.3 is 29.5 Å². The Morgan fingerprint density at radius 3 is 2.59 bits per heavy atom. The molecule has 2 saturated heterocycles. The molecule has 1 aromatic carbocycles. The van der Waals surface area contributed by atoms with E-state index in [2.05, 4.69) is 11.4 Å². The topological polar surface area (TPSA) is 121 Å². The zero-order chi connectivity index (χ0) is 21.0. The quantitative estimate of drug-likeness (QED) is 0.695. The van der Waals surface area contributed by atoms with Crippen molar-refractivity contribution < 1.29 is 28.9 Å². The van der Waals surface area contributed by atoms with Gasteiger partial charge in [0.05, 0.1) is 26.3 Å². The fourth-order valence-corrected chi connectivity index (χ4v) is 4.05. The number of likely N-dealkylation sites (tertiary alicyclic amines) is 1. The predicted molar refractivity (Wildman–Crippen MR) is 102 cm³/mol. The first-order valence-electron chi connectivity index (χ1n) is 9.52. The third-order valence-corrected chi connectivity index (χ3v) is 5.40. The number of hydrogen-bond acceptors (Lipinski definition) is 7. The van der Waals surface area contributed by atoms with E-state index in [1.54, 1.807) is 17.0 Å². The Morgan fingerprint density at radius 2 is 2.00 bits per heavy atom. The van der Waals surface area contributed by atoms with Crippen LogP contribution in [0.2, 0.25) is 0 Å². The number of nitrogens with zero attached hydrogens (tertiary/aromatic N) is 2. The van der Waals surface area contributed by atoms with Crippen LogP contribution in [-0.4, -0.2) is 67.9 Å². The molecule has 1 aromatic rings. The average Bonchev–Trinajstić information content (AvgIpc) is 3.40. The lowest BCUT2D eigenvalue weighted by Gasteiger charge is -2.23. The molecule has 0 aromatic heterocycles. The van der Waals surface area contributed by atoms with Gasteiger partial charge in [-0.2, -0.15) is 5.26 Å². The van der Waals surface area contributed by atoms with Gasteiger partial charge in [0.15, 0.2) is 6.61 Å². The Balaban J connectivity index is 1.79. The molecule has 0 radical (unpaired) electrons. The number of carbonyl (C=O) groups is 2. The van der Waals surface area contributed by atoms with E-state index in [4.69, 9.17) is 19.3 Å². The van der Waals surface area contributed by atoms with Crippen LogP contribution in [0, 0.1) is 11.3 Å². The minimum absolute atomic E-state index is 0.0366. The van der Waals surface area contributed by atoms with Gasteiger partial charge in [-0.1, -0.05) is 0 Å². The highest BCUT2D eigenvalue weighted by Gasteiger charge is 2.39. The van der Waals surface area contributed by atoms with Crippen LogP contribution in [0.1, 0.15) is 30.7 Å². The minimum Gasteiger partial charge on any atom is -0.496 e. The van der Waals surface area contributed by atoms with Crippen molar-refractivity contribution in [1.29, 1.82) is 5.26 Å². The first-order chi connectivity index (χ1) is 14.0. The van der Waals surface area contributed by atoms with Gasteiger partial charge in [-0.05, 0) is 19.3 Å². The second-order valence-corrected chi connectivity index (χ2v) is 7.14. The average molecular weight is 403 g/mol. The van der Waals surface area contributed by atoms with E-state index in [1.807, 2.05) is 0 Å². The molecule has 0 spiro atoms. The van der Waals surface area contributed by atoms with Crippen LogP contribution < -0.4 is 19.5 Å². The van der Waals surface area contributed by atoms with E-state index < -0.39 is 12.6 Å². The molecular weight excluding hydrogens is 378 g/mol. The highest BCUT2D eigenvalue weighted by atomic mass is 16.5. The van der Waals surface area contributed by atoms with Gasteiger partial charge in [-0.25, -0.2) is 4.79 Å². The second kappa shape index (κ2) is 9.01. The molecule has 0 bridgehead atoms. The molecule has 29 heavy (non-hydrogen) atoms. The second-order valence-electron chi connectivity index (χ2n) is 7.14. The third kappa shape index (κ3) is 4.38. The summed E-state index contributed by atoms with van der Waals surface area (Å²) in [5.74, 6) is 0.200. The van der Waals surface area contributed by atoms with E-state index in [0.717, 1.165) is 18.4 Å². The van der Waals surface area contributed by atoms with Crippen LogP contribution in [0.25, 0.3) is 0 Å². The summed E-state index contributed by atoms with van der Waals surface area (Å²) in [6.07, 6.45) is 2.12. The summed E-state index contributed by atoms with van der Waals surface area (Å²) in [6.45, 7) is 0.703. The standard InChI is InChI=1S/C20H25N3O6/c1-27-16-7-14(29-11-18(24)25)8-17(28-2)19(16)12-6-15(22-10-12)20(26)23-5-3-4-13(23)9-21/h7-8,12-13,15,22H,3-6,10-11H2,1-2H3,(H,24,25)/t12-,13-,15-/m0/s1. The molecule has 2 heterocycles. The molecule has 0 saturated carbocycles. The van der Waals surface area contributed by atoms with E-state index in [9.17, 15) is 14.9 Å². The van der Waals surface area contributed by atoms with Crippen LogP contribution >= 0.6 is 0 Å². The Labute approximate surface area is 169 Å². The summed E-state index contributed by atoms with van der Waals surface area (Å²) in [7, 11) is 3.04. The monoisotopic (exact) mass is 403 g/mol. The van der Waals surface area contributed by atoms with Crippen molar-refractivity contribution in [3.63, 3.8) is 0 Å². The van der Waals surface area contributed by atoms with Gasteiger partial charge in [-0.3, -0.25) is 4.79 Å². The van der Waals surface area contributed by atoms with Gasteiger partial charge >= 0.3 is 5.97 Å². The Bertz CT molecular complexity index is 796. The highest BCUT2D eigenvalue weighted by Crippen LogP contribution is 2.42. The number of ether oxygens (including phenoxy) is 3. The summed E-state index contributed by atoms with van der Waals surface area (Å²) >= 11 is 0. The Hall–Kier alpha value is -2.99. The van der Waals surface area contributed by atoms with E-state index in [1.165, 1.54) is 14.2 Å². The molecule has 156 valence electrons. The van der Waals surface area contributed by atoms with Crippen molar-refractivity contribution in [3.8, 4) is 23.3 Å². The van der Waals surface area contributed by atoms with Crippen molar-refractivity contribution in [2.24, 2.45) is 0 Å². The molecule has 2 aliphatic rings. The zero-order valence-electron chi connectivity index (χ0n) is 16.5. The number of carboxylic acids is 1. The normalized spacial score (nSPS) is 23.5. The summed E-state index contributed by atoms with van der Waals surface area (Å²) in [5, 5.41) is 21.3. The molecule has 0 aliphatic carbocycles. The van der Waals surface area contributed by atoms with E-state index >= 15 is 0 Å². The highest BCUT2D eigenvalue weighted by molar-refractivity contribution is 5.83. The number of methoxy groups -OCH3 is 2. The molecule has 0 unspecified atom stereocenters. The molecular formula is C20H25N3O6. The SMILES string of the molecule is COc1cc(OCC(=O)O)cc(OC)c1[C@@H]1CN[C@H](C(=O)N2CCC[C@H]2C#N)C1. The van der Waals surface area contributed by atoms with Gasteiger partial charge in [-0.15, -0.1) is 0 Å². The lowest BCUT2D eigenvalue weighted by molar-refractivity contribution is -0.139. The van der Waals surface area contributed by atoms with Gasteiger partial charge in [0.25, 0.3) is 0 Å². The number of benzene rings is 1. The van der Waals surface area contributed by atoms with Crippen LogP contribution in [-0.2, 0) is 9.59 Å². The van der Waals surface area contributed by atoms with Gasteiger partial charge in [0, 0.05) is 36.7 Å². The number of carboxylic acid groups (broad SMARTS) is 1. The summed E-state index contributed by atoms with van der Waals surface area (Å²) in [4.78, 5) is 25.3. The van der Waals surface area contributed by atoms with Gasteiger partial charge in [0.2, 0.25) is 5.91 Å². The molecule has 2 aliphatic heterocycles. The maximum Gasteiger partial charge on any atom is 0.341 e. The third-order valence-electron chi connectivity index (χ3n) is 5.40. The number of nitrogens with one attached hydrogen (secondary N) is 1. The number of amides is 1. The lowest BCUT2D eigenvalue weighted by Crippen LogP contribution is -2.45. The maximum absolute atomic E-state index is 12.9. The smallest absolute Gasteiger partial charge is 0.341 e. The summed E-state index contributed by atoms with van der Waals surface area (Å²) < 4.78 is 16.3. The van der Waals surface area contributed by atoms with Crippen molar-refractivity contribution in [1.82, 2.24) is 10.2 Å². The number of aliphatic carboxylic acids is 1. The molecule has 9 nitrogen and oxygen atoms in total. The zero-order valence-corrected chi connectivity index (χ0v) is 16.5. The molecule has 3 rings (SSSR count). The lowest BCUT2D eigenvalue weighted by atomic mass is 9.93. The molecule has 3 atom stereocenters. The van der Waals surface area contributed by atoms with Crippen molar-refractivity contribution in [2.45, 2.75) is 37.3 Å². The van der Waals surface area contributed by atoms with Crippen LogP contribution in [0.3, 0.4) is 0 Å². The molecule has 2 N–H and O–H groups in total. The largest absolute Gasteiger partial charge is 0.496 e. The maximum atomic E-state index is 12.9. The number of rotatable bonds is 7. The van der Waals surface area contributed by atoms with Crippen LogP contribution in [0.4, 0.5) is 0 Å². The van der Waals surface area contributed by atoms with Crippen molar-refractivity contribution in [3.05, 3.63) is 17.7 Å². The molecule has 1 amide bonds. The van der Waals surface area contributed by atoms with Crippen molar-refractivity contribution >= 4 is 11.9 Å².